The van der Waals surface area contributed by atoms with E-state index in [9.17, 15) is 14.9 Å². The molecule has 2 amide bonds. The molecule has 31 heavy (non-hydrogen) atoms. The van der Waals surface area contributed by atoms with Gasteiger partial charge in [-0.05, 0) is 32.0 Å². The van der Waals surface area contributed by atoms with E-state index in [2.05, 4.69) is 19.0 Å². The molecule has 0 aromatic heterocycles. The Balaban J connectivity index is 1.65. The second kappa shape index (κ2) is 7.04. The van der Waals surface area contributed by atoms with Gasteiger partial charge in [-0.3, -0.25) is 9.59 Å². The number of rotatable bonds is 5. The zero-order valence-corrected chi connectivity index (χ0v) is 18.1. The number of carbonyl (C=O) groups excluding carboxylic acids is 2. The van der Waals surface area contributed by atoms with Gasteiger partial charge in [-0.1, -0.05) is 24.3 Å². The fourth-order valence-corrected chi connectivity index (χ4v) is 6.04. The molecule has 0 spiro atoms. The summed E-state index contributed by atoms with van der Waals surface area (Å²) in [6.07, 6.45) is 0.649. The maximum absolute atomic E-state index is 13.8. The van der Waals surface area contributed by atoms with Gasteiger partial charge in [0.2, 0.25) is 11.8 Å². The number of hydrogen-bond acceptors (Lipinski definition) is 7. The van der Waals surface area contributed by atoms with E-state index < -0.39 is 23.0 Å². The summed E-state index contributed by atoms with van der Waals surface area (Å²) in [4.78, 5) is 28.8. The molecule has 7 nitrogen and oxygen atoms in total. The molecular formula is C23H22N2O5S. The molecule has 3 aliphatic rings. The fourth-order valence-electron chi connectivity index (χ4n) is 5.95. The van der Waals surface area contributed by atoms with Crippen molar-refractivity contribution in [1.29, 1.82) is 5.26 Å². The summed E-state index contributed by atoms with van der Waals surface area (Å²) in [6.45, 7) is 2.15. The van der Waals surface area contributed by atoms with Gasteiger partial charge in [-0.25, -0.2) is 4.90 Å². The number of fused-ring (bicyclic) bond motifs is 6. The van der Waals surface area contributed by atoms with Crippen molar-refractivity contribution >= 4 is 41.2 Å². The molecule has 3 heterocycles. The average Bonchev–Trinajstić information content (AvgIpc) is 3.33. The lowest BCUT2D eigenvalue weighted by Crippen LogP contribution is -2.50. The zero-order chi connectivity index (χ0) is 22.0. The third-order valence-corrected chi connectivity index (χ3v) is 7.43. The van der Waals surface area contributed by atoms with E-state index in [4.69, 9.17) is 13.7 Å². The lowest BCUT2D eigenvalue weighted by atomic mass is 9.66. The molecule has 0 aliphatic carbocycles. The van der Waals surface area contributed by atoms with Crippen LogP contribution in [-0.4, -0.2) is 42.8 Å². The van der Waals surface area contributed by atoms with Crippen molar-refractivity contribution < 1.29 is 23.2 Å². The Morgan fingerprint density at radius 2 is 1.90 bits per heavy atom. The second-order valence-corrected chi connectivity index (χ2v) is 8.88. The van der Waals surface area contributed by atoms with Gasteiger partial charge in [0.25, 0.3) is 0 Å². The summed E-state index contributed by atoms with van der Waals surface area (Å²) in [6, 6.07) is 12.8. The summed E-state index contributed by atoms with van der Waals surface area (Å²) in [5.41, 5.74) is -0.750. The predicted molar refractivity (Wildman–Crippen MR) is 115 cm³/mol. The number of anilines is 1. The molecule has 5 atom stereocenters. The molecule has 8 heteroatoms. The van der Waals surface area contributed by atoms with Gasteiger partial charge in [0.15, 0.2) is 0 Å². The Labute approximate surface area is 185 Å². The molecule has 2 aromatic rings. The van der Waals surface area contributed by atoms with Crippen molar-refractivity contribution in [3.8, 4) is 6.07 Å². The average molecular weight is 439 g/mol. The number of methoxy groups -OCH3 is 1. The topological polar surface area (TPSA) is 88.9 Å². The number of nitriles is 1. The molecule has 5 rings (SSSR count). The first-order chi connectivity index (χ1) is 14.9. The smallest absolute Gasteiger partial charge is 0.240 e. The maximum Gasteiger partial charge on any atom is 0.240 e. The van der Waals surface area contributed by atoms with Crippen LogP contribution in [0.4, 0.5) is 5.69 Å². The highest BCUT2D eigenvalue weighted by molar-refractivity contribution is 7.75. The number of thiol groups is 1. The number of carbonyl (C=O) groups is 2. The van der Waals surface area contributed by atoms with Crippen molar-refractivity contribution in [1.82, 2.24) is 0 Å². The fraction of sp³-hybridized carbons (Fsp3) is 0.435. The van der Waals surface area contributed by atoms with Gasteiger partial charge in [-0.15, -0.1) is 0 Å². The van der Waals surface area contributed by atoms with Crippen LogP contribution in [0.2, 0.25) is 0 Å². The van der Waals surface area contributed by atoms with Gasteiger partial charge in [-0.2, -0.15) is 5.26 Å². The van der Waals surface area contributed by atoms with E-state index in [1.807, 2.05) is 31.2 Å². The van der Waals surface area contributed by atoms with Gasteiger partial charge in [0.05, 0.1) is 47.5 Å². The van der Waals surface area contributed by atoms with Gasteiger partial charge in [0, 0.05) is 30.7 Å². The lowest BCUT2D eigenvalue weighted by molar-refractivity contribution is -0.135. The van der Waals surface area contributed by atoms with E-state index in [1.54, 1.807) is 19.2 Å². The minimum absolute atomic E-state index is 0.276. The van der Waals surface area contributed by atoms with E-state index in [-0.39, 0.29) is 17.9 Å². The van der Waals surface area contributed by atoms with Crippen molar-refractivity contribution in [3.63, 3.8) is 0 Å². The maximum atomic E-state index is 13.8. The minimum Gasteiger partial charge on any atom is -0.378 e. The number of hydrogen-bond donors (Lipinski definition) is 1. The van der Waals surface area contributed by atoms with Crippen LogP contribution in [0.5, 0.6) is 0 Å². The molecule has 2 unspecified atom stereocenters. The van der Waals surface area contributed by atoms with Crippen LogP contribution < -0.4 is 4.90 Å². The minimum atomic E-state index is -0.903. The number of amides is 2. The standard InChI is InChI=1S/C23H22N2O5S/c1-22-17(28-2)11-23(30-22,9-10-29-31)19-18(22)20(26)25(21(19)27)16-8-7-13(12-24)14-5-3-4-6-15(14)16/h3-8,17-19,31H,9-11H2,1-2H3/t17-,18-,19+,22?,23?/m0/s1. The Bertz CT molecular complexity index is 1150. The number of imide groups is 1. The number of nitrogens with zero attached hydrogens (tertiary/aromatic N) is 2. The van der Waals surface area contributed by atoms with Crippen LogP contribution >= 0.6 is 12.9 Å². The van der Waals surface area contributed by atoms with Crippen molar-refractivity contribution in [2.75, 3.05) is 18.6 Å². The normalized spacial score (nSPS) is 33.9. The monoisotopic (exact) mass is 438 g/mol. The zero-order valence-electron chi connectivity index (χ0n) is 17.2. The molecule has 0 N–H and O–H groups in total. The van der Waals surface area contributed by atoms with E-state index in [0.29, 0.717) is 41.5 Å². The first-order valence-electron chi connectivity index (χ1n) is 10.2. The van der Waals surface area contributed by atoms with Crippen LogP contribution in [0.3, 0.4) is 0 Å². The summed E-state index contributed by atoms with van der Waals surface area (Å²) in [5, 5.41) is 10.9. The molecule has 160 valence electrons. The van der Waals surface area contributed by atoms with Gasteiger partial charge in [0.1, 0.15) is 5.60 Å². The highest BCUT2D eigenvalue weighted by Crippen LogP contribution is 2.63. The van der Waals surface area contributed by atoms with Crippen molar-refractivity contribution in [3.05, 3.63) is 42.0 Å². The molecule has 0 saturated carbocycles. The Kier molecular flexibility index (Phi) is 4.65. The highest BCUT2D eigenvalue weighted by Gasteiger charge is 2.77. The summed E-state index contributed by atoms with van der Waals surface area (Å²) >= 11 is 3.85. The lowest BCUT2D eigenvalue weighted by Gasteiger charge is -2.35. The third kappa shape index (κ3) is 2.58. The van der Waals surface area contributed by atoms with Crippen molar-refractivity contribution in [2.24, 2.45) is 11.8 Å². The first-order valence-corrected chi connectivity index (χ1v) is 10.6. The molecule has 3 saturated heterocycles. The second-order valence-electron chi connectivity index (χ2n) is 8.62. The summed E-state index contributed by atoms with van der Waals surface area (Å²) in [7, 11) is 1.60. The summed E-state index contributed by atoms with van der Waals surface area (Å²) in [5.74, 6) is -1.83. The largest absolute Gasteiger partial charge is 0.378 e. The molecule has 2 aromatic carbocycles. The van der Waals surface area contributed by atoms with E-state index in [1.165, 1.54) is 4.90 Å². The highest BCUT2D eigenvalue weighted by atomic mass is 32.1. The van der Waals surface area contributed by atoms with Crippen LogP contribution in [0.25, 0.3) is 10.8 Å². The van der Waals surface area contributed by atoms with Crippen LogP contribution in [-0.2, 0) is 23.2 Å². The molecule has 0 radical (unpaired) electrons. The Morgan fingerprint density at radius 3 is 2.58 bits per heavy atom. The van der Waals surface area contributed by atoms with Gasteiger partial charge < -0.3 is 13.7 Å². The van der Waals surface area contributed by atoms with Crippen LogP contribution in [0.15, 0.2) is 36.4 Å². The van der Waals surface area contributed by atoms with E-state index >= 15 is 0 Å². The van der Waals surface area contributed by atoms with Crippen molar-refractivity contribution in [2.45, 2.75) is 37.1 Å². The molecular weight excluding hydrogens is 416 g/mol. The Morgan fingerprint density at radius 1 is 1.19 bits per heavy atom. The number of ether oxygens (including phenoxy) is 2. The Hall–Kier alpha value is -2.44. The SMILES string of the molecule is CO[C@H]1CC2(CCOS)OC1(C)[C@@H]1C(=O)N(c3ccc(C#N)c4ccccc34)C(=O)[C@@H]12. The quantitative estimate of drug-likeness (QED) is 0.439. The first kappa shape index (κ1) is 20.5. The van der Waals surface area contributed by atoms with Crippen LogP contribution in [0.1, 0.15) is 25.3 Å². The molecule has 3 fully saturated rings. The molecule has 3 aliphatic heterocycles. The third-order valence-electron chi connectivity index (χ3n) is 7.25. The summed E-state index contributed by atoms with van der Waals surface area (Å²) < 4.78 is 17.1. The number of benzene rings is 2. The predicted octanol–water partition coefficient (Wildman–Crippen LogP) is 3.01. The molecule has 2 bridgehead atoms. The van der Waals surface area contributed by atoms with Crippen LogP contribution in [0, 0.1) is 23.2 Å². The van der Waals surface area contributed by atoms with E-state index in [0.717, 1.165) is 0 Å². The van der Waals surface area contributed by atoms with Gasteiger partial charge >= 0.3 is 0 Å².